The van der Waals surface area contributed by atoms with Crippen LogP contribution in [-0.2, 0) is 11.3 Å². The second-order valence-corrected chi connectivity index (χ2v) is 6.39. The molecule has 3 rings (SSSR count). The number of piperidine rings is 1. The molecule has 1 aliphatic carbocycles. The highest BCUT2D eigenvalue weighted by atomic mass is 16.2. The van der Waals surface area contributed by atoms with E-state index in [1.165, 1.54) is 6.42 Å². The van der Waals surface area contributed by atoms with Crippen LogP contribution in [0.25, 0.3) is 0 Å². The van der Waals surface area contributed by atoms with Crippen LogP contribution in [0.15, 0.2) is 16.9 Å². The summed E-state index contributed by atoms with van der Waals surface area (Å²) in [5.41, 5.74) is 0.834. The van der Waals surface area contributed by atoms with E-state index in [0.717, 1.165) is 44.5 Å². The highest BCUT2D eigenvalue weighted by molar-refractivity contribution is 5.79. The minimum Gasteiger partial charge on any atom is -0.342 e. The molecule has 1 aromatic heterocycles. The molecule has 0 radical (unpaired) electrons. The van der Waals surface area contributed by atoms with Gasteiger partial charge in [0.05, 0.1) is 5.69 Å². The summed E-state index contributed by atoms with van der Waals surface area (Å²) in [4.78, 5) is 26.0. The Hall–Kier alpha value is -1.65. The third-order valence-corrected chi connectivity index (χ3v) is 4.81. The molecule has 0 atom stereocenters. The molecule has 0 N–H and O–H groups in total. The van der Waals surface area contributed by atoms with Crippen LogP contribution in [0.4, 0.5) is 0 Å². The lowest BCUT2D eigenvalue weighted by Gasteiger charge is -2.36. The van der Waals surface area contributed by atoms with Gasteiger partial charge in [0.1, 0.15) is 0 Å². The molecule has 5 nitrogen and oxygen atoms in total. The topological polar surface area (TPSA) is 55.2 Å². The Kier molecular flexibility index (Phi) is 4.08. The zero-order valence-electron chi connectivity index (χ0n) is 12.6. The van der Waals surface area contributed by atoms with Gasteiger partial charge in [-0.2, -0.15) is 5.10 Å². The van der Waals surface area contributed by atoms with E-state index in [9.17, 15) is 9.59 Å². The van der Waals surface area contributed by atoms with Crippen molar-refractivity contribution in [3.63, 3.8) is 0 Å². The smallest absolute Gasteiger partial charge is 0.266 e. The van der Waals surface area contributed by atoms with Gasteiger partial charge in [0.2, 0.25) is 5.91 Å². The van der Waals surface area contributed by atoms with Crippen molar-refractivity contribution in [2.24, 2.45) is 11.8 Å². The summed E-state index contributed by atoms with van der Waals surface area (Å²) >= 11 is 0. The number of aryl methyl sites for hydroxylation is 1. The van der Waals surface area contributed by atoms with Gasteiger partial charge in [-0.1, -0.05) is 6.42 Å². The molecule has 1 amide bonds. The van der Waals surface area contributed by atoms with Crippen LogP contribution in [0, 0.1) is 18.8 Å². The van der Waals surface area contributed by atoms with Gasteiger partial charge >= 0.3 is 0 Å². The van der Waals surface area contributed by atoms with Crippen molar-refractivity contribution in [2.75, 3.05) is 13.1 Å². The molecule has 1 aliphatic heterocycles. The predicted octanol–water partition coefficient (Wildman–Crippen LogP) is 1.59. The Morgan fingerprint density at radius 3 is 2.57 bits per heavy atom. The molecule has 21 heavy (non-hydrogen) atoms. The minimum absolute atomic E-state index is 0.0337. The molecule has 1 aromatic rings. The van der Waals surface area contributed by atoms with Crippen molar-refractivity contribution in [3.8, 4) is 0 Å². The van der Waals surface area contributed by atoms with Crippen molar-refractivity contribution in [2.45, 2.75) is 45.6 Å². The van der Waals surface area contributed by atoms with E-state index in [1.54, 1.807) is 16.8 Å². The highest BCUT2D eigenvalue weighted by Gasteiger charge is 2.31. The molecule has 0 spiro atoms. The summed E-state index contributed by atoms with van der Waals surface area (Å²) in [7, 11) is 0. The Labute approximate surface area is 124 Å². The average Bonchev–Trinajstić information content (AvgIpc) is 2.42. The van der Waals surface area contributed by atoms with Crippen LogP contribution in [0.1, 0.15) is 37.8 Å². The molecule has 114 valence electrons. The number of aromatic nitrogens is 2. The summed E-state index contributed by atoms with van der Waals surface area (Å²) in [6.07, 6.45) is 5.29. The highest BCUT2D eigenvalue weighted by Crippen LogP contribution is 2.30. The summed E-state index contributed by atoms with van der Waals surface area (Å²) < 4.78 is 1.57. The van der Waals surface area contributed by atoms with Gasteiger partial charge in [0, 0.05) is 31.6 Å². The van der Waals surface area contributed by atoms with Crippen LogP contribution in [-0.4, -0.2) is 33.7 Å². The SMILES string of the molecule is Cc1ccc(=O)n(CC2CCN(C(=O)C3CCC3)CC2)n1. The van der Waals surface area contributed by atoms with E-state index in [2.05, 4.69) is 5.10 Å². The lowest BCUT2D eigenvalue weighted by atomic mass is 9.83. The molecule has 1 saturated heterocycles. The maximum atomic E-state index is 12.2. The molecular formula is C16H23N3O2. The molecule has 2 aliphatic rings. The van der Waals surface area contributed by atoms with Gasteiger partial charge in [0.25, 0.3) is 5.56 Å². The third kappa shape index (κ3) is 3.17. The second-order valence-electron chi connectivity index (χ2n) is 6.39. The number of carbonyl (C=O) groups is 1. The number of likely N-dealkylation sites (tertiary alicyclic amines) is 1. The number of nitrogens with zero attached hydrogens (tertiary/aromatic N) is 3. The molecule has 0 bridgehead atoms. The van der Waals surface area contributed by atoms with E-state index < -0.39 is 0 Å². The Morgan fingerprint density at radius 2 is 1.95 bits per heavy atom. The third-order valence-electron chi connectivity index (χ3n) is 4.81. The number of carbonyl (C=O) groups excluding carboxylic acids is 1. The van der Waals surface area contributed by atoms with Gasteiger partial charge in [-0.25, -0.2) is 4.68 Å². The van der Waals surface area contributed by atoms with Crippen LogP contribution in [0.3, 0.4) is 0 Å². The van der Waals surface area contributed by atoms with Crippen molar-refractivity contribution in [1.82, 2.24) is 14.7 Å². The average molecular weight is 289 g/mol. The van der Waals surface area contributed by atoms with E-state index in [-0.39, 0.29) is 5.56 Å². The van der Waals surface area contributed by atoms with Crippen molar-refractivity contribution in [1.29, 1.82) is 0 Å². The second kappa shape index (κ2) is 6.00. The lowest BCUT2D eigenvalue weighted by Crippen LogP contribution is -2.44. The minimum atomic E-state index is -0.0337. The Bertz CT molecular complexity index is 569. The zero-order chi connectivity index (χ0) is 14.8. The summed E-state index contributed by atoms with van der Waals surface area (Å²) in [6, 6.07) is 3.33. The van der Waals surface area contributed by atoms with Crippen molar-refractivity contribution < 1.29 is 4.79 Å². The van der Waals surface area contributed by atoms with Crippen LogP contribution in [0.2, 0.25) is 0 Å². The fraction of sp³-hybridized carbons (Fsp3) is 0.688. The standard InChI is InChI=1S/C16H23N3O2/c1-12-5-6-15(20)19(17-12)11-13-7-9-18(10-8-13)16(21)14-3-2-4-14/h5-6,13-14H,2-4,7-11H2,1H3. The Balaban J connectivity index is 1.55. The predicted molar refractivity (Wildman–Crippen MR) is 79.9 cm³/mol. The molecule has 1 saturated carbocycles. The quantitative estimate of drug-likeness (QED) is 0.849. The number of amides is 1. The van der Waals surface area contributed by atoms with Crippen molar-refractivity contribution in [3.05, 3.63) is 28.2 Å². The molecule has 0 unspecified atom stereocenters. The molecule has 5 heteroatoms. The van der Waals surface area contributed by atoms with Crippen LogP contribution in [0.5, 0.6) is 0 Å². The molecule has 0 aromatic carbocycles. The number of hydrogen-bond acceptors (Lipinski definition) is 3. The van der Waals surface area contributed by atoms with Gasteiger partial charge < -0.3 is 4.90 Å². The van der Waals surface area contributed by atoms with Crippen molar-refractivity contribution >= 4 is 5.91 Å². The maximum absolute atomic E-state index is 12.2. The van der Waals surface area contributed by atoms with Gasteiger partial charge in [-0.15, -0.1) is 0 Å². The first-order valence-electron chi connectivity index (χ1n) is 7.97. The molecule has 2 heterocycles. The first-order chi connectivity index (χ1) is 10.1. The normalized spacial score (nSPS) is 20.3. The first-order valence-corrected chi connectivity index (χ1v) is 7.97. The van der Waals surface area contributed by atoms with Crippen LogP contribution >= 0.6 is 0 Å². The first kappa shape index (κ1) is 14.3. The monoisotopic (exact) mass is 289 g/mol. The van der Waals surface area contributed by atoms with E-state index in [1.807, 2.05) is 11.8 Å². The number of hydrogen-bond donors (Lipinski definition) is 0. The summed E-state index contributed by atoms with van der Waals surface area (Å²) in [5.74, 6) is 1.09. The van der Waals surface area contributed by atoms with E-state index in [4.69, 9.17) is 0 Å². The summed E-state index contributed by atoms with van der Waals surface area (Å²) in [6.45, 7) is 4.24. The maximum Gasteiger partial charge on any atom is 0.266 e. The van der Waals surface area contributed by atoms with Gasteiger partial charge in [-0.3, -0.25) is 9.59 Å². The molecule has 2 fully saturated rings. The summed E-state index contributed by atoms with van der Waals surface area (Å²) in [5, 5.41) is 4.30. The van der Waals surface area contributed by atoms with Crippen LogP contribution < -0.4 is 5.56 Å². The van der Waals surface area contributed by atoms with E-state index in [0.29, 0.717) is 24.3 Å². The fourth-order valence-electron chi connectivity index (χ4n) is 3.18. The largest absolute Gasteiger partial charge is 0.342 e. The Morgan fingerprint density at radius 1 is 1.24 bits per heavy atom. The number of rotatable bonds is 3. The van der Waals surface area contributed by atoms with E-state index >= 15 is 0 Å². The lowest BCUT2D eigenvalue weighted by molar-refractivity contribution is -0.139. The molecular weight excluding hydrogens is 266 g/mol. The van der Waals surface area contributed by atoms with Gasteiger partial charge in [0.15, 0.2) is 0 Å². The fourth-order valence-corrected chi connectivity index (χ4v) is 3.18. The zero-order valence-corrected chi connectivity index (χ0v) is 12.6. The van der Waals surface area contributed by atoms with Gasteiger partial charge in [-0.05, 0) is 44.6 Å².